The van der Waals surface area contributed by atoms with Gasteiger partial charge < -0.3 is 14.6 Å². The van der Waals surface area contributed by atoms with E-state index in [2.05, 4.69) is 0 Å². The summed E-state index contributed by atoms with van der Waals surface area (Å²) in [4.78, 5) is 0. The van der Waals surface area contributed by atoms with Crippen LogP contribution in [0.3, 0.4) is 0 Å². The zero-order chi connectivity index (χ0) is 12.2. The second-order valence-corrected chi connectivity index (χ2v) is 3.04. The number of ether oxygens (including phenoxy) is 2. The monoisotopic (exact) mass is 226 g/mol. The second-order valence-electron chi connectivity index (χ2n) is 3.04. The molecule has 0 heterocycles. The van der Waals surface area contributed by atoms with Gasteiger partial charge in [-0.05, 0) is 5.56 Å². The molecule has 0 amide bonds. The Hall–Kier alpha value is -0.900. The minimum Gasteiger partial charge on any atom is -0.394 e. The first kappa shape index (κ1) is 15.1. The summed E-state index contributed by atoms with van der Waals surface area (Å²) < 4.78 is 10.3. The van der Waals surface area contributed by atoms with Crippen molar-refractivity contribution in [3.8, 4) is 0 Å². The largest absolute Gasteiger partial charge is 0.394 e. The summed E-state index contributed by atoms with van der Waals surface area (Å²) in [5.74, 6) is 0. The summed E-state index contributed by atoms with van der Waals surface area (Å²) in [5, 5.41) is 8.82. The molecule has 1 aromatic carbocycles. The standard InChI is InChI=1S/C11H16O3.C2H6/c1-13-11(7-12)9-14-8-10-5-3-2-4-6-10;1-2/h2-6,11-12H,7-9H2,1H3;1-2H3. The first-order valence-corrected chi connectivity index (χ1v) is 5.62. The van der Waals surface area contributed by atoms with Crippen LogP contribution in [-0.2, 0) is 16.1 Å². The van der Waals surface area contributed by atoms with Gasteiger partial charge in [-0.25, -0.2) is 0 Å². The van der Waals surface area contributed by atoms with Crippen LogP contribution in [0.2, 0.25) is 0 Å². The number of aliphatic hydroxyl groups is 1. The van der Waals surface area contributed by atoms with E-state index in [4.69, 9.17) is 14.6 Å². The summed E-state index contributed by atoms with van der Waals surface area (Å²) in [7, 11) is 1.56. The van der Waals surface area contributed by atoms with Crippen molar-refractivity contribution in [3.63, 3.8) is 0 Å². The van der Waals surface area contributed by atoms with E-state index in [9.17, 15) is 0 Å². The summed E-state index contributed by atoms with van der Waals surface area (Å²) in [5.41, 5.74) is 1.13. The van der Waals surface area contributed by atoms with E-state index in [1.165, 1.54) is 0 Å². The molecule has 0 aliphatic carbocycles. The second kappa shape index (κ2) is 10.6. The predicted molar refractivity (Wildman–Crippen MR) is 65.3 cm³/mol. The highest BCUT2D eigenvalue weighted by atomic mass is 16.5. The topological polar surface area (TPSA) is 38.7 Å². The Labute approximate surface area is 98.0 Å². The van der Waals surface area contributed by atoms with Crippen LogP contribution < -0.4 is 0 Å². The lowest BCUT2D eigenvalue weighted by Gasteiger charge is -2.12. The lowest BCUT2D eigenvalue weighted by molar-refractivity contribution is -0.0248. The van der Waals surface area contributed by atoms with Crippen molar-refractivity contribution in [1.82, 2.24) is 0 Å². The molecule has 0 saturated carbocycles. The first-order chi connectivity index (χ1) is 7.86. The Bertz CT molecular complexity index is 232. The van der Waals surface area contributed by atoms with Crippen LogP contribution >= 0.6 is 0 Å². The molecule has 0 saturated heterocycles. The lowest BCUT2D eigenvalue weighted by atomic mass is 10.2. The van der Waals surface area contributed by atoms with Crippen molar-refractivity contribution in [2.75, 3.05) is 20.3 Å². The van der Waals surface area contributed by atoms with Gasteiger partial charge in [0.25, 0.3) is 0 Å². The van der Waals surface area contributed by atoms with Crippen molar-refractivity contribution in [1.29, 1.82) is 0 Å². The molecule has 0 aromatic heterocycles. The number of benzene rings is 1. The van der Waals surface area contributed by atoms with Crippen LogP contribution in [0.4, 0.5) is 0 Å². The normalized spacial score (nSPS) is 11.5. The minimum atomic E-state index is -0.223. The van der Waals surface area contributed by atoms with Gasteiger partial charge in [0.2, 0.25) is 0 Å². The molecule has 16 heavy (non-hydrogen) atoms. The molecule has 1 unspecified atom stereocenters. The van der Waals surface area contributed by atoms with E-state index in [1.54, 1.807) is 7.11 Å². The zero-order valence-corrected chi connectivity index (χ0v) is 10.3. The molecule has 92 valence electrons. The number of methoxy groups -OCH3 is 1. The maximum absolute atomic E-state index is 8.82. The Kier molecular flexibility index (Phi) is 10.0. The van der Waals surface area contributed by atoms with Crippen LogP contribution in [0, 0.1) is 0 Å². The van der Waals surface area contributed by atoms with Gasteiger partial charge in [0.1, 0.15) is 6.10 Å². The number of hydrogen-bond donors (Lipinski definition) is 1. The maximum Gasteiger partial charge on any atom is 0.103 e. The van der Waals surface area contributed by atoms with E-state index in [0.29, 0.717) is 13.2 Å². The van der Waals surface area contributed by atoms with Crippen LogP contribution in [0.1, 0.15) is 19.4 Å². The highest BCUT2D eigenvalue weighted by Gasteiger charge is 2.04. The third-order valence-electron chi connectivity index (χ3n) is 1.95. The van der Waals surface area contributed by atoms with Crippen molar-refractivity contribution >= 4 is 0 Å². The SMILES string of the molecule is CC.COC(CO)COCc1ccccc1. The van der Waals surface area contributed by atoms with Crippen molar-refractivity contribution in [2.45, 2.75) is 26.6 Å². The van der Waals surface area contributed by atoms with Gasteiger partial charge in [0, 0.05) is 7.11 Å². The van der Waals surface area contributed by atoms with E-state index in [-0.39, 0.29) is 12.7 Å². The molecule has 0 bridgehead atoms. The summed E-state index contributed by atoms with van der Waals surface area (Å²) >= 11 is 0. The van der Waals surface area contributed by atoms with E-state index >= 15 is 0 Å². The average molecular weight is 226 g/mol. The molecule has 3 heteroatoms. The Morgan fingerprint density at radius 2 is 1.81 bits per heavy atom. The van der Waals surface area contributed by atoms with Gasteiger partial charge in [-0.2, -0.15) is 0 Å². The fourth-order valence-corrected chi connectivity index (χ4v) is 1.08. The van der Waals surface area contributed by atoms with Gasteiger partial charge >= 0.3 is 0 Å². The third-order valence-corrected chi connectivity index (χ3v) is 1.95. The molecule has 0 radical (unpaired) electrons. The van der Waals surface area contributed by atoms with Gasteiger partial charge in [-0.15, -0.1) is 0 Å². The quantitative estimate of drug-likeness (QED) is 0.808. The predicted octanol–water partition coefficient (Wildman–Crippen LogP) is 2.24. The first-order valence-electron chi connectivity index (χ1n) is 5.62. The Morgan fingerprint density at radius 1 is 1.19 bits per heavy atom. The summed E-state index contributed by atoms with van der Waals surface area (Å²) in [6.07, 6.45) is -0.223. The fraction of sp³-hybridized carbons (Fsp3) is 0.538. The number of rotatable bonds is 6. The molecule has 0 fully saturated rings. The lowest BCUT2D eigenvalue weighted by Crippen LogP contribution is -2.22. The fourth-order valence-electron chi connectivity index (χ4n) is 1.08. The van der Waals surface area contributed by atoms with Gasteiger partial charge in [0.05, 0.1) is 19.8 Å². The average Bonchev–Trinajstić information content (AvgIpc) is 2.38. The maximum atomic E-state index is 8.82. The van der Waals surface area contributed by atoms with Crippen LogP contribution in [-0.4, -0.2) is 31.5 Å². The summed E-state index contributed by atoms with van der Waals surface area (Å²) in [6, 6.07) is 9.91. The molecule has 1 atom stereocenters. The zero-order valence-electron chi connectivity index (χ0n) is 10.3. The molecule has 0 spiro atoms. The van der Waals surface area contributed by atoms with Gasteiger partial charge in [-0.3, -0.25) is 0 Å². The van der Waals surface area contributed by atoms with Crippen LogP contribution in [0.15, 0.2) is 30.3 Å². The van der Waals surface area contributed by atoms with Crippen molar-refractivity contribution in [2.24, 2.45) is 0 Å². The van der Waals surface area contributed by atoms with Crippen molar-refractivity contribution in [3.05, 3.63) is 35.9 Å². The van der Waals surface area contributed by atoms with Crippen LogP contribution in [0.5, 0.6) is 0 Å². The minimum absolute atomic E-state index is 0.00864. The van der Waals surface area contributed by atoms with E-state index < -0.39 is 0 Å². The molecule has 1 N–H and O–H groups in total. The number of aliphatic hydroxyl groups excluding tert-OH is 1. The smallest absolute Gasteiger partial charge is 0.103 e. The molecule has 3 nitrogen and oxygen atoms in total. The summed E-state index contributed by atoms with van der Waals surface area (Å²) in [6.45, 7) is 4.97. The molecule has 1 rings (SSSR count). The van der Waals surface area contributed by atoms with Gasteiger partial charge in [-0.1, -0.05) is 44.2 Å². The molecule has 0 aliphatic rings. The Balaban J connectivity index is 0.00000106. The van der Waals surface area contributed by atoms with Crippen molar-refractivity contribution < 1.29 is 14.6 Å². The third kappa shape index (κ3) is 6.56. The highest BCUT2D eigenvalue weighted by Crippen LogP contribution is 2.01. The van der Waals surface area contributed by atoms with Gasteiger partial charge in [0.15, 0.2) is 0 Å². The molecule has 1 aromatic rings. The molecule has 0 aliphatic heterocycles. The van der Waals surface area contributed by atoms with E-state index in [0.717, 1.165) is 5.56 Å². The molecular formula is C13H22O3. The number of hydrogen-bond acceptors (Lipinski definition) is 3. The molecular weight excluding hydrogens is 204 g/mol. The Morgan fingerprint density at radius 3 is 2.31 bits per heavy atom. The van der Waals surface area contributed by atoms with E-state index in [1.807, 2.05) is 44.2 Å². The highest BCUT2D eigenvalue weighted by molar-refractivity contribution is 5.13. The van der Waals surface area contributed by atoms with Crippen LogP contribution in [0.25, 0.3) is 0 Å².